The van der Waals surface area contributed by atoms with Crippen LogP contribution in [0.3, 0.4) is 0 Å². The number of benzene rings is 1. The van der Waals surface area contributed by atoms with Crippen molar-refractivity contribution >= 4 is 5.97 Å². The van der Waals surface area contributed by atoms with Gasteiger partial charge in [0.15, 0.2) is 11.5 Å². The monoisotopic (exact) mass is 275 g/mol. The van der Waals surface area contributed by atoms with Crippen LogP contribution in [-0.4, -0.2) is 29.4 Å². The van der Waals surface area contributed by atoms with Gasteiger partial charge in [0.05, 0.1) is 13.7 Å². The van der Waals surface area contributed by atoms with E-state index in [1.54, 1.807) is 30.9 Å². The van der Waals surface area contributed by atoms with Crippen molar-refractivity contribution in [1.29, 1.82) is 0 Å². The summed E-state index contributed by atoms with van der Waals surface area (Å²) in [6, 6.07) is 9.14. The number of rotatable bonds is 6. The SMILES string of the molecule is COc1ccccc1OCCn1ccc(C)c1C(=O)O. The van der Waals surface area contributed by atoms with Crippen molar-refractivity contribution in [1.82, 2.24) is 4.57 Å². The molecule has 1 aromatic heterocycles. The summed E-state index contributed by atoms with van der Waals surface area (Å²) < 4.78 is 12.5. The fraction of sp³-hybridized carbons (Fsp3) is 0.267. The van der Waals surface area contributed by atoms with E-state index in [0.29, 0.717) is 30.3 Å². The zero-order chi connectivity index (χ0) is 14.5. The molecule has 20 heavy (non-hydrogen) atoms. The number of para-hydroxylation sites is 2. The average Bonchev–Trinajstić information content (AvgIpc) is 2.80. The van der Waals surface area contributed by atoms with E-state index in [4.69, 9.17) is 14.6 Å². The Bertz CT molecular complexity index is 604. The third kappa shape index (κ3) is 2.93. The van der Waals surface area contributed by atoms with Crippen molar-refractivity contribution in [3.8, 4) is 11.5 Å². The molecule has 5 heteroatoms. The molecule has 5 nitrogen and oxygen atoms in total. The molecule has 0 saturated carbocycles. The summed E-state index contributed by atoms with van der Waals surface area (Å²) in [5.41, 5.74) is 1.04. The van der Waals surface area contributed by atoms with Crippen LogP contribution in [0.15, 0.2) is 36.5 Å². The summed E-state index contributed by atoms with van der Waals surface area (Å²) in [4.78, 5) is 11.2. The van der Waals surface area contributed by atoms with E-state index >= 15 is 0 Å². The highest BCUT2D eigenvalue weighted by atomic mass is 16.5. The topological polar surface area (TPSA) is 60.7 Å². The molecule has 0 fully saturated rings. The van der Waals surface area contributed by atoms with E-state index in [1.807, 2.05) is 24.3 Å². The Hall–Kier alpha value is -2.43. The molecular weight excluding hydrogens is 258 g/mol. The lowest BCUT2D eigenvalue weighted by molar-refractivity contribution is 0.0683. The third-order valence-corrected chi connectivity index (χ3v) is 3.03. The van der Waals surface area contributed by atoms with E-state index in [9.17, 15) is 4.79 Å². The van der Waals surface area contributed by atoms with Crippen LogP contribution in [0.5, 0.6) is 11.5 Å². The number of aryl methyl sites for hydroxylation is 1. The van der Waals surface area contributed by atoms with Crippen LogP contribution in [0.2, 0.25) is 0 Å². The van der Waals surface area contributed by atoms with E-state index in [1.165, 1.54) is 0 Å². The zero-order valence-electron chi connectivity index (χ0n) is 11.5. The van der Waals surface area contributed by atoms with E-state index in [-0.39, 0.29) is 0 Å². The summed E-state index contributed by atoms with van der Waals surface area (Å²) in [6.45, 7) is 2.61. The van der Waals surface area contributed by atoms with Gasteiger partial charge in [0.2, 0.25) is 0 Å². The smallest absolute Gasteiger partial charge is 0.352 e. The first kappa shape index (κ1) is 14.0. The number of hydrogen-bond donors (Lipinski definition) is 1. The van der Waals surface area contributed by atoms with Gasteiger partial charge in [0.25, 0.3) is 0 Å². The number of aromatic nitrogens is 1. The van der Waals surface area contributed by atoms with Crippen molar-refractivity contribution in [2.45, 2.75) is 13.5 Å². The van der Waals surface area contributed by atoms with Crippen LogP contribution in [0.25, 0.3) is 0 Å². The Morgan fingerprint density at radius 3 is 2.60 bits per heavy atom. The van der Waals surface area contributed by atoms with Crippen LogP contribution in [0.1, 0.15) is 16.1 Å². The highest BCUT2D eigenvalue weighted by molar-refractivity contribution is 5.87. The van der Waals surface area contributed by atoms with Gasteiger partial charge < -0.3 is 19.1 Å². The van der Waals surface area contributed by atoms with Gasteiger partial charge in [-0.05, 0) is 30.7 Å². The lowest BCUT2D eigenvalue weighted by Crippen LogP contribution is -2.14. The lowest BCUT2D eigenvalue weighted by atomic mass is 10.3. The average molecular weight is 275 g/mol. The van der Waals surface area contributed by atoms with Gasteiger partial charge >= 0.3 is 5.97 Å². The number of methoxy groups -OCH3 is 1. The molecule has 1 N–H and O–H groups in total. The van der Waals surface area contributed by atoms with E-state index in [2.05, 4.69) is 0 Å². The molecule has 1 aromatic carbocycles. The lowest BCUT2D eigenvalue weighted by Gasteiger charge is -2.11. The van der Waals surface area contributed by atoms with Crippen LogP contribution >= 0.6 is 0 Å². The first-order valence-electron chi connectivity index (χ1n) is 6.28. The quantitative estimate of drug-likeness (QED) is 0.880. The van der Waals surface area contributed by atoms with Gasteiger partial charge in [0, 0.05) is 6.20 Å². The molecule has 0 radical (unpaired) electrons. The molecule has 0 aliphatic heterocycles. The number of carboxylic acids is 1. The maximum Gasteiger partial charge on any atom is 0.352 e. The first-order chi connectivity index (χ1) is 9.63. The molecule has 0 unspecified atom stereocenters. The van der Waals surface area contributed by atoms with Gasteiger partial charge in [-0.1, -0.05) is 12.1 Å². The fourth-order valence-electron chi connectivity index (χ4n) is 2.05. The number of ether oxygens (including phenoxy) is 2. The summed E-state index contributed by atoms with van der Waals surface area (Å²) in [7, 11) is 1.58. The minimum absolute atomic E-state index is 0.300. The molecule has 0 aliphatic carbocycles. The van der Waals surface area contributed by atoms with Crippen LogP contribution in [0.4, 0.5) is 0 Å². The molecule has 2 rings (SSSR count). The van der Waals surface area contributed by atoms with E-state index in [0.717, 1.165) is 5.56 Å². The summed E-state index contributed by atoms with van der Waals surface area (Å²) >= 11 is 0. The number of nitrogens with zero attached hydrogens (tertiary/aromatic N) is 1. The maximum absolute atomic E-state index is 11.2. The molecule has 0 amide bonds. The van der Waals surface area contributed by atoms with Crippen LogP contribution < -0.4 is 9.47 Å². The molecule has 0 spiro atoms. The molecular formula is C15H17NO4. The molecule has 0 atom stereocenters. The number of hydrogen-bond acceptors (Lipinski definition) is 3. The Morgan fingerprint density at radius 2 is 1.95 bits per heavy atom. The predicted octanol–water partition coefficient (Wildman–Crippen LogP) is 2.58. The fourth-order valence-corrected chi connectivity index (χ4v) is 2.05. The zero-order valence-corrected chi connectivity index (χ0v) is 11.5. The van der Waals surface area contributed by atoms with Crippen molar-refractivity contribution < 1.29 is 19.4 Å². The standard InChI is InChI=1S/C15H17NO4/c1-11-7-8-16(14(11)15(17)18)9-10-20-13-6-4-3-5-12(13)19-2/h3-8H,9-10H2,1-2H3,(H,17,18). The van der Waals surface area contributed by atoms with Gasteiger partial charge in [-0.15, -0.1) is 0 Å². The Morgan fingerprint density at radius 1 is 1.25 bits per heavy atom. The number of aromatic carboxylic acids is 1. The molecule has 106 valence electrons. The highest BCUT2D eigenvalue weighted by Crippen LogP contribution is 2.25. The highest BCUT2D eigenvalue weighted by Gasteiger charge is 2.13. The second-order valence-electron chi connectivity index (χ2n) is 4.35. The second kappa shape index (κ2) is 6.14. The minimum atomic E-state index is -0.926. The van der Waals surface area contributed by atoms with Gasteiger partial charge in [0.1, 0.15) is 12.3 Å². The van der Waals surface area contributed by atoms with E-state index < -0.39 is 5.97 Å². The maximum atomic E-state index is 11.2. The largest absolute Gasteiger partial charge is 0.493 e. The Balaban J connectivity index is 2.01. The van der Waals surface area contributed by atoms with Gasteiger partial charge in [-0.3, -0.25) is 0 Å². The molecule has 0 saturated heterocycles. The van der Waals surface area contributed by atoms with Crippen LogP contribution in [0, 0.1) is 6.92 Å². The van der Waals surface area contributed by atoms with Crippen molar-refractivity contribution in [2.75, 3.05) is 13.7 Å². The summed E-state index contributed by atoms with van der Waals surface area (Å²) in [5, 5.41) is 9.15. The minimum Gasteiger partial charge on any atom is -0.493 e. The summed E-state index contributed by atoms with van der Waals surface area (Å²) in [6.07, 6.45) is 1.75. The predicted molar refractivity (Wildman–Crippen MR) is 74.6 cm³/mol. The number of carboxylic acid groups (broad SMARTS) is 1. The molecule has 0 bridgehead atoms. The van der Waals surface area contributed by atoms with Crippen molar-refractivity contribution in [3.05, 3.63) is 47.8 Å². The Labute approximate surface area is 117 Å². The molecule has 1 heterocycles. The molecule has 2 aromatic rings. The van der Waals surface area contributed by atoms with Gasteiger partial charge in [-0.25, -0.2) is 4.79 Å². The third-order valence-electron chi connectivity index (χ3n) is 3.03. The van der Waals surface area contributed by atoms with Crippen LogP contribution in [-0.2, 0) is 6.54 Å². The second-order valence-corrected chi connectivity index (χ2v) is 4.35. The van der Waals surface area contributed by atoms with Gasteiger partial charge in [-0.2, -0.15) is 0 Å². The molecule has 0 aliphatic rings. The Kier molecular flexibility index (Phi) is 4.30. The number of carbonyl (C=O) groups is 1. The summed E-state index contributed by atoms with van der Waals surface area (Å²) in [5.74, 6) is 0.384. The first-order valence-corrected chi connectivity index (χ1v) is 6.28. The normalized spacial score (nSPS) is 10.3. The van der Waals surface area contributed by atoms with Crippen molar-refractivity contribution in [3.63, 3.8) is 0 Å². The van der Waals surface area contributed by atoms with Crippen molar-refractivity contribution in [2.24, 2.45) is 0 Å².